The molecule has 0 aliphatic rings. The summed E-state index contributed by atoms with van der Waals surface area (Å²) in [6.45, 7) is 3.96. The number of alkyl halides is 1. The van der Waals surface area contributed by atoms with Gasteiger partial charge in [0.15, 0.2) is 0 Å². The lowest BCUT2D eigenvalue weighted by atomic mass is 9.97. The van der Waals surface area contributed by atoms with E-state index in [0.717, 1.165) is 4.88 Å². The second kappa shape index (κ2) is 3.94. The Bertz CT molecular complexity index is 436. The fourth-order valence-corrected chi connectivity index (χ4v) is 1.82. The maximum atomic E-state index is 5.84. The van der Waals surface area contributed by atoms with E-state index < -0.39 is 0 Å². The summed E-state index contributed by atoms with van der Waals surface area (Å²) in [5.41, 5.74) is -0.274. The Hall–Kier alpha value is -0.870. The van der Waals surface area contributed by atoms with Crippen LogP contribution in [0.1, 0.15) is 19.7 Å². The van der Waals surface area contributed by atoms with Gasteiger partial charge in [0, 0.05) is 5.88 Å². The van der Waals surface area contributed by atoms with Crippen LogP contribution in [0.4, 0.5) is 0 Å². The molecule has 0 aliphatic carbocycles. The Morgan fingerprint density at radius 2 is 2.33 bits per heavy atom. The molecule has 0 aliphatic heterocycles. The summed E-state index contributed by atoms with van der Waals surface area (Å²) in [6.07, 6.45) is 0. The van der Waals surface area contributed by atoms with Crippen LogP contribution in [0.15, 0.2) is 22.0 Å². The molecule has 0 fully saturated rings. The Labute approximate surface area is 97.1 Å². The van der Waals surface area contributed by atoms with Crippen molar-refractivity contribution in [1.82, 2.24) is 10.1 Å². The lowest BCUT2D eigenvalue weighted by Crippen LogP contribution is -2.19. The Kier molecular flexibility index (Phi) is 2.80. The minimum atomic E-state index is -0.274. The van der Waals surface area contributed by atoms with Gasteiger partial charge in [-0.3, -0.25) is 0 Å². The van der Waals surface area contributed by atoms with Crippen LogP contribution >= 0.6 is 22.9 Å². The molecule has 0 N–H and O–H groups in total. The minimum absolute atomic E-state index is 0.274. The lowest BCUT2D eigenvalue weighted by Gasteiger charge is -2.14. The smallest absolute Gasteiger partial charge is 0.233 e. The Morgan fingerprint density at radius 3 is 2.93 bits per heavy atom. The van der Waals surface area contributed by atoms with E-state index in [4.69, 9.17) is 16.1 Å². The van der Waals surface area contributed by atoms with Crippen molar-refractivity contribution in [2.24, 2.45) is 0 Å². The first-order chi connectivity index (χ1) is 7.13. The van der Waals surface area contributed by atoms with Crippen molar-refractivity contribution < 1.29 is 4.52 Å². The summed E-state index contributed by atoms with van der Waals surface area (Å²) in [7, 11) is 0. The molecule has 0 bridgehead atoms. The highest BCUT2D eigenvalue weighted by Gasteiger charge is 2.26. The molecular formula is C10H11ClN2OS. The van der Waals surface area contributed by atoms with E-state index in [1.807, 2.05) is 31.4 Å². The molecule has 2 rings (SSSR count). The van der Waals surface area contributed by atoms with Gasteiger partial charge in [0.1, 0.15) is 0 Å². The summed E-state index contributed by atoms with van der Waals surface area (Å²) < 4.78 is 5.21. The van der Waals surface area contributed by atoms with Crippen LogP contribution in [-0.2, 0) is 5.41 Å². The second-order valence-corrected chi connectivity index (χ2v) is 5.13. The summed E-state index contributed by atoms with van der Waals surface area (Å²) in [6, 6.07) is 3.93. The monoisotopic (exact) mass is 242 g/mol. The third kappa shape index (κ3) is 2.06. The predicted octanol–water partition coefficient (Wildman–Crippen LogP) is 3.31. The number of halogens is 1. The van der Waals surface area contributed by atoms with Crippen molar-refractivity contribution in [2.75, 3.05) is 5.88 Å². The summed E-state index contributed by atoms with van der Waals surface area (Å²) in [4.78, 5) is 5.35. The Morgan fingerprint density at radius 1 is 1.53 bits per heavy atom. The molecule has 0 amide bonds. The number of thiophene rings is 1. The zero-order chi connectivity index (χ0) is 10.9. The van der Waals surface area contributed by atoms with Gasteiger partial charge in [-0.25, -0.2) is 0 Å². The SMILES string of the molecule is CC(C)(CCl)c1nc(-c2cccs2)no1. The highest BCUT2D eigenvalue weighted by molar-refractivity contribution is 7.13. The predicted molar refractivity (Wildman–Crippen MR) is 61.4 cm³/mol. The van der Waals surface area contributed by atoms with E-state index in [0.29, 0.717) is 17.6 Å². The van der Waals surface area contributed by atoms with Crippen LogP contribution in [0.2, 0.25) is 0 Å². The van der Waals surface area contributed by atoms with Crippen LogP contribution in [0, 0.1) is 0 Å². The quantitative estimate of drug-likeness (QED) is 0.775. The van der Waals surface area contributed by atoms with Gasteiger partial charge in [-0.15, -0.1) is 22.9 Å². The number of hydrogen-bond donors (Lipinski definition) is 0. The molecule has 2 aromatic heterocycles. The van der Waals surface area contributed by atoms with Gasteiger partial charge in [0.2, 0.25) is 11.7 Å². The van der Waals surface area contributed by atoms with Gasteiger partial charge in [0.25, 0.3) is 0 Å². The first-order valence-electron chi connectivity index (χ1n) is 4.57. The molecular weight excluding hydrogens is 232 g/mol. The van der Waals surface area contributed by atoms with Gasteiger partial charge >= 0.3 is 0 Å². The normalized spacial score (nSPS) is 11.9. The molecule has 5 heteroatoms. The van der Waals surface area contributed by atoms with Crippen LogP contribution < -0.4 is 0 Å². The molecule has 2 aromatic rings. The fraction of sp³-hybridized carbons (Fsp3) is 0.400. The molecule has 80 valence electrons. The standard InChI is InChI=1S/C10H11ClN2OS/c1-10(2,6-11)9-12-8(13-14-9)7-4-3-5-15-7/h3-5H,6H2,1-2H3. The van der Waals surface area contributed by atoms with E-state index >= 15 is 0 Å². The maximum Gasteiger partial charge on any atom is 0.233 e. The van der Waals surface area contributed by atoms with E-state index in [2.05, 4.69) is 10.1 Å². The molecule has 2 heterocycles. The molecule has 0 saturated heterocycles. The lowest BCUT2D eigenvalue weighted by molar-refractivity contribution is 0.323. The van der Waals surface area contributed by atoms with Crippen molar-refractivity contribution in [3.05, 3.63) is 23.4 Å². The van der Waals surface area contributed by atoms with Crippen molar-refractivity contribution in [3.63, 3.8) is 0 Å². The number of rotatable bonds is 3. The number of nitrogens with zero attached hydrogens (tertiary/aromatic N) is 2. The van der Waals surface area contributed by atoms with Crippen LogP contribution in [-0.4, -0.2) is 16.0 Å². The molecule has 0 unspecified atom stereocenters. The molecule has 0 radical (unpaired) electrons. The molecule has 3 nitrogen and oxygen atoms in total. The summed E-state index contributed by atoms with van der Waals surface area (Å²) in [5.74, 6) is 1.68. The second-order valence-electron chi connectivity index (χ2n) is 3.92. The fourth-order valence-electron chi connectivity index (χ4n) is 1.06. The third-order valence-electron chi connectivity index (χ3n) is 2.08. The number of hydrogen-bond acceptors (Lipinski definition) is 4. The molecule has 15 heavy (non-hydrogen) atoms. The zero-order valence-electron chi connectivity index (χ0n) is 8.53. The molecule has 0 spiro atoms. The van der Waals surface area contributed by atoms with Crippen molar-refractivity contribution in [3.8, 4) is 10.7 Å². The first kappa shape index (κ1) is 10.6. The topological polar surface area (TPSA) is 38.9 Å². The van der Waals surface area contributed by atoms with Crippen LogP contribution in [0.5, 0.6) is 0 Å². The zero-order valence-corrected chi connectivity index (χ0v) is 10.1. The molecule has 0 atom stereocenters. The highest BCUT2D eigenvalue weighted by Crippen LogP contribution is 2.27. The van der Waals surface area contributed by atoms with Crippen LogP contribution in [0.3, 0.4) is 0 Å². The average Bonchev–Trinajstić information content (AvgIpc) is 2.88. The highest BCUT2D eigenvalue weighted by atomic mass is 35.5. The Balaban J connectivity index is 2.33. The van der Waals surface area contributed by atoms with Gasteiger partial charge in [-0.05, 0) is 25.3 Å². The van der Waals surface area contributed by atoms with Crippen molar-refractivity contribution in [2.45, 2.75) is 19.3 Å². The largest absolute Gasteiger partial charge is 0.338 e. The first-order valence-corrected chi connectivity index (χ1v) is 5.99. The van der Waals surface area contributed by atoms with E-state index in [-0.39, 0.29) is 5.41 Å². The van der Waals surface area contributed by atoms with Gasteiger partial charge in [-0.1, -0.05) is 11.2 Å². The number of aromatic nitrogens is 2. The van der Waals surface area contributed by atoms with Crippen molar-refractivity contribution >= 4 is 22.9 Å². The average molecular weight is 243 g/mol. The molecule has 0 aromatic carbocycles. The van der Waals surface area contributed by atoms with E-state index in [1.54, 1.807) is 11.3 Å². The van der Waals surface area contributed by atoms with Gasteiger partial charge < -0.3 is 4.52 Å². The summed E-state index contributed by atoms with van der Waals surface area (Å²) >= 11 is 7.43. The minimum Gasteiger partial charge on any atom is -0.338 e. The van der Waals surface area contributed by atoms with Crippen LogP contribution in [0.25, 0.3) is 10.7 Å². The van der Waals surface area contributed by atoms with E-state index in [1.165, 1.54) is 0 Å². The van der Waals surface area contributed by atoms with Crippen molar-refractivity contribution in [1.29, 1.82) is 0 Å². The molecule has 0 saturated carbocycles. The van der Waals surface area contributed by atoms with E-state index in [9.17, 15) is 0 Å². The maximum absolute atomic E-state index is 5.84. The van der Waals surface area contributed by atoms with Gasteiger partial charge in [0.05, 0.1) is 10.3 Å². The van der Waals surface area contributed by atoms with Gasteiger partial charge in [-0.2, -0.15) is 4.98 Å². The summed E-state index contributed by atoms with van der Waals surface area (Å²) in [5, 5.41) is 5.92. The third-order valence-corrected chi connectivity index (χ3v) is 3.61.